The second-order valence-electron chi connectivity index (χ2n) is 2.55. The van der Waals surface area contributed by atoms with E-state index < -0.39 is 15.8 Å². The van der Waals surface area contributed by atoms with Crippen molar-refractivity contribution in [2.24, 2.45) is 11.5 Å². The minimum absolute atomic E-state index is 0.0417. The quantitative estimate of drug-likeness (QED) is 0.507. The fourth-order valence-electron chi connectivity index (χ4n) is 0.797. The third-order valence-corrected chi connectivity index (χ3v) is 1.35. The molecule has 0 saturated carbocycles. The first-order chi connectivity index (χ1) is 6.84. The van der Waals surface area contributed by atoms with Crippen LogP contribution in [0.15, 0.2) is 12.4 Å². The SMILES string of the molecule is NCCC(N)c1ncc[nH]1.[O]=[Re](=[O])(=[O])[OH]. The molecule has 0 spiro atoms. The number of aromatic nitrogens is 2. The molecule has 6 N–H and O–H groups in total. The predicted molar refractivity (Wildman–Crippen MR) is 43.5 cm³/mol. The van der Waals surface area contributed by atoms with Gasteiger partial charge in [0.25, 0.3) is 0 Å². The van der Waals surface area contributed by atoms with Gasteiger partial charge in [-0.2, -0.15) is 0 Å². The molecule has 0 radical (unpaired) electrons. The van der Waals surface area contributed by atoms with Crippen LogP contribution < -0.4 is 11.5 Å². The van der Waals surface area contributed by atoms with Gasteiger partial charge in [-0.05, 0) is 13.0 Å². The van der Waals surface area contributed by atoms with Crippen LogP contribution in [0.2, 0.25) is 0 Å². The zero-order chi connectivity index (χ0) is 11.9. The fourth-order valence-corrected chi connectivity index (χ4v) is 0.797. The van der Waals surface area contributed by atoms with Crippen molar-refractivity contribution < 1.29 is 30.0 Å². The molecular formula is C6H13N4O4Re. The van der Waals surface area contributed by atoms with E-state index in [1.54, 1.807) is 12.4 Å². The Morgan fingerprint density at radius 3 is 2.40 bits per heavy atom. The molecule has 1 aromatic rings. The number of nitrogens with zero attached hydrogens (tertiary/aromatic N) is 1. The minimum atomic E-state index is -5.86. The summed E-state index contributed by atoms with van der Waals surface area (Å²) in [5.41, 5.74) is 11.0. The van der Waals surface area contributed by atoms with E-state index in [4.69, 9.17) is 25.7 Å². The Labute approximate surface area is 89.0 Å². The van der Waals surface area contributed by atoms with Gasteiger partial charge in [0.15, 0.2) is 0 Å². The number of hydrogen-bond acceptors (Lipinski definition) is 6. The third kappa shape index (κ3) is 9.46. The molecule has 0 saturated heterocycles. The van der Waals surface area contributed by atoms with E-state index in [0.717, 1.165) is 12.2 Å². The molecule has 0 amide bonds. The van der Waals surface area contributed by atoms with Crippen LogP contribution in [0.5, 0.6) is 0 Å². The Hall–Kier alpha value is -0.848. The van der Waals surface area contributed by atoms with E-state index in [0.29, 0.717) is 6.54 Å². The first kappa shape index (κ1) is 14.2. The van der Waals surface area contributed by atoms with Crippen molar-refractivity contribution in [3.05, 3.63) is 18.2 Å². The molecule has 9 heteroatoms. The predicted octanol–water partition coefficient (Wildman–Crippen LogP) is -1.16. The molecule has 0 fully saturated rings. The monoisotopic (exact) mass is 392 g/mol. The Balaban J connectivity index is 0.000000336. The number of nitrogens with two attached hydrogens (primary N) is 2. The van der Waals surface area contributed by atoms with Crippen LogP contribution in [0.3, 0.4) is 0 Å². The summed E-state index contributed by atoms with van der Waals surface area (Å²) in [7, 11) is 0. The van der Waals surface area contributed by atoms with Crippen LogP contribution in [-0.2, 0) is 26.2 Å². The maximum absolute atomic E-state index is 8.75. The van der Waals surface area contributed by atoms with Crippen LogP contribution in [0.4, 0.5) is 0 Å². The molecule has 1 atom stereocenters. The van der Waals surface area contributed by atoms with Gasteiger partial charge in [0.2, 0.25) is 0 Å². The molecular weight excluding hydrogens is 378 g/mol. The van der Waals surface area contributed by atoms with Crippen LogP contribution in [0, 0.1) is 0 Å². The van der Waals surface area contributed by atoms with Gasteiger partial charge in [0, 0.05) is 12.4 Å². The van der Waals surface area contributed by atoms with Crippen LogP contribution in [-0.4, -0.2) is 20.3 Å². The molecule has 88 valence electrons. The summed E-state index contributed by atoms with van der Waals surface area (Å²) >= 11 is -5.86. The summed E-state index contributed by atoms with van der Waals surface area (Å²) in [5.74, 6) is 0.811. The second kappa shape index (κ2) is 6.60. The zero-order valence-corrected chi connectivity index (χ0v) is 10.5. The summed E-state index contributed by atoms with van der Waals surface area (Å²) in [5, 5.41) is 0. The summed E-state index contributed by atoms with van der Waals surface area (Å²) in [4.78, 5) is 6.93. The maximum atomic E-state index is 8.75. The fraction of sp³-hybridized carbons (Fsp3) is 0.500. The van der Waals surface area contributed by atoms with Crippen molar-refractivity contribution in [3.8, 4) is 0 Å². The normalized spacial score (nSPS) is 12.7. The van der Waals surface area contributed by atoms with E-state index >= 15 is 0 Å². The topological polar surface area (TPSA) is 152 Å². The van der Waals surface area contributed by atoms with Gasteiger partial charge >= 0.3 is 30.0 Å². The first-order valence-electron chi connectivity index (χ1n) is 3.92. The van der Waals surface area contributed by atoms with Crippen molar-refractivity contribution in [1.82, 2.24) is 9.97 Å². The molecule has 1 aromatic heterocycles. The molecule has 1 heterocycles. The Morgan fingerprint density at radius 1 is 1.53 bits per heavy atom. The van der Waals surface area contributed by atoms with Gasteiger partial charge in [-0.15, -0.1) is 0 Å². The summed E-state index contributed by atoms with van der Waals surface area (Å²) in [6.45, 7) is 0.599. The number of imidazole rings is 1. The number of rotatable bonds is 3. The number of nitrogens with one attached hydrogen (secondary N) is 1. The molecule has 15 heavy (non-hydrogen) atoms. The Bertz CT molecular complexity index is 393. The van der Waals surface area contributed by atoms with Crippen molar-refractivity contribution in [3.63, 3.8) is 0 Å². The molecule has 0 aliphatic carbocycles. The van der Waals surface area contributed by atoms with E-state index in [9.17, 15) is 0 Å². The average Bonchev–Trinajstić information content (AvgIpc) is 2.52. The molecule has 1 rings (SSSR count). The molecule has 0 aliphatic heterocycles. The second-order valence-corrected chi connectivity index (χ2v) is 5.40. The summed E-state index contributed by atoms with van der Waals surface area (Å²) < 4.78 is 33.3. The van der Waals surface area contributed by atoms with Crippen LogP contribution >= 0.6 is 0 Å². The van der Waals surface area contributed by atoms with Gasteiger partial charge in [-0.3, -0.25) is 0 Å². The molecule has 0 bridgehead atoms. The standard InChI is InChI=1S/C6H12N4.H2O.3O.Re/c7-2-1-5(8)6-9-3-4-10-6;;;;;/h3-5H,1-2,7-8H2,(H,9,10);1H2;;;;/q;;;;;+1/p-1. The number of aromatic amines is 1. The van der Waals surface area contributed by atoms with Crippen molar-refractivity contribution in [2.45, 2.75) is 12.5 Å². The zero-order valence-electron chi connectivity index (χ0n) is 7.80. The van der Waals surface area contributed by atoms with Crippen molar-refractivity contribution in [1.29, 1.82) is 0 Å². The molecule has 8 nitrogen and oxygen atoms in total. The van der Waals surface area contributed by atoms with Crippen molar-refractivity contribution in [2.75, 3.05) is 6.54 Å². The third-order valence-electron chi connectivity index (χ3n) is 1.35. The average molecular weight is 391 g/mol. The van der Waals surface area contributed by atoms with Gasteiger partial charge in [-0.1, -0.05) is 0 Å². The van der Waals surface area contributed by atoms with E-state index in [1.165, 1.54) is 0 Å². The Morgan fingerprint density at radius 2 is 2.07 bits per heavy atom. The van der Waals surface area contributed by atoms with Gasteiger partial charge in [-0.25, -0.2) is 4.98 Å². The van der Waals surface area contributed by atoms with Gasteiger partial charge in [0.05, 0.1) is 6.04 Å². The van der Waals surface area contributed by atoms with Gasteiger partial charge < -0.3 is 16.5 Å². The molecule has 1 unspecified atom stereocenters. The van der Waals surface area contributed by atoms with E-state index in [2.05, 4.69) is 9.97 Å². The molecule has 0 aliphatic rings. The van der Waals surface area contributed by atoms with Crippen LogP contribution in [0.25, 0.3) is 0 Å². The number of hydrogen-bond donors (Lipinski definition) is 4. The number of H-pyrrole nitrogens is 1. The van der Waals surface area contributed by atoms with E-state index in [1.807, 2.05) is 0 Å². The summed E-state index contributed by atoms with van der Waals surface area (Å²) in [6, 6.07) is -0.0417. The van der Waals surface area contributed by atoms with Gasteiger partial charge in [0.1, 0.15) is 5.82 Å². The molecule has 0 aromatic carbocycles. The van der Waals surface area contributed by atoms with Crippen molar-refractivity contribution >= 4 is 0 Å². The summed E-state index contributed by atoms with van der Waals surface area (Å²) in [6.07, 6.45) is 4.21. The van der Waals surface area contributed by atoms with E-state index in [-0.39, 0.29) is 6.04 Å². The van der Waals surface area contributed by atoms with Crippen LogP contribution in [0.1, 0.15) is 18.3 Å². The first-order valence-corrected chi connectivity index (χ1v) is 8.46. The Kier molecular flexibility index (Phi) is 6.23.